The van der Waals surface area contributed by atoms with Crippen LogP contribution in [0.5, 0.6) is 0 Å². The highest BCUT2D eigenvalue weighted by Gasteiger charge is 2.70. The minimum atomic E-state index is -0.389. The quantitative estimate of drug-likeness (QED) is 0.728. The van der Waals surface area contributed by atoms with Gasteiger partial charge in [-0.25, -0.2) is 0 Å². The molecule has 7 atom stereocenters. The monoisotopic (exact) mass is 304 g/mol. The predicted molar refractivity (Wildman–Crippen MR) is 87.3 cm³/mol. The van der Waals surface area contributed by atoms with E-state index in [2.05, 4.69) is 27.7 Å². The van der Waals surface area contributed by atoms with Gasteiger partial charge in [-0.1, -0.05) is 34.1 Å². The third-order valence-electron chi connectivity index (χ3n) is 8.80. The average Bonchev–Trinajstić information content (AvgIpc) is 2.64. The number of aliphatic hydroxyl groups excluding tert-OH is 1. The van der Waals surface area contributed by atoms with Crippen LogP contribution in [0.1, 0.15) is 72.6 Å². The van der Waals surface area contributed by atoms with Crippen molar-refractivity contribution in [3.8, 4) is 0 Å². The lowest BCUT2D eigenvalue weighted by molar-refractivity contribution is -0.183. The zero-order chi connectivity index (χ0) is 15.9. The molecule has 2 heteroatoms. The van der Waals surface area contributed by atoms with Crippen LogP contribution in [0.2, 0.25) is 0 Å². The van der Waals surface area contributed by atoms with Crippen molar-refractivity contribution in [2.45, 2.75) is 78.7 Å². The van der Waals surface area contributed by atoms with Crippen molar-refractivity contribution in [1.82, 2.24) is 0 Å². The van der Waals surface area contributed by atoms with Crippen LogP contribution in [0.15, 0.2) is 0 Å². The Hall–Kier alpha value is -0.370. The minimum Gasteiger partial charge on any atom is -0.392 e. The van der Waals surface area contributed by atoms with Gasteiger partial charge in [-0.05, 0) is 66.6 Å². The summed E-state index contributed by atoms with van der Waals surface area (Å²) < 4.78 is 0. The maximum Gasteiger partial charge on any atom is 0.142 e. The molecule has 1 spiro atoms. The summed E-state index contributed by atoms with van der Waals surface area (Å²) in [6.45, 7) is 9.39. The Morgan fingerprint density at radius 2 is 1.82 bits per heavy atom. The van der Waals surface area contributed by atoms with Gasteiger partial charge >= 0.3 is 0 Å². The highest BCUT2D eigenvalue weighted by Crippen LogP contribution is 2.71. The number of fused-ring (bicyclic) bond motifs is 3. The molecule has 0 saturated heterocycles. The maximum absolute atomic E-state index is 13.3. The first-order valence-corrected chi connectivity index (χ1v) is 9.45. The lowest BCUT2D eigenvalue weighted by Gasteiger charge is -2.63. The molecule has 0 unspecified atom stereocenters. The Balaban J connectivity index is 1.82. The maximum atomic E-state index is 13.3. The summed E-state index contributed by atoms with van der Waals surface area (Å²) >= 11 is 0. The predicted octanol–water partition coefficient (Wildman–Crippen LogP) is 4.21. The number of carbonyl (C=O) groups excluding carboxylic acids is 1. The zero-order valence-corrected chi connectivity index (χ0v) is 14.7. The lowest BCUT2D eigenvalue weighted by atomic mass is 9.40. The molecular formula is C20H32O2. The summed E-state index contributed by atoms with van der Waals surface area (Å²) in [6.07, 6.45) is 7.49. The summed E-state index contributed by atoms with van der Waals surface area (Å²) in [5.74, 6) is 2.23. The van der Waals surface area contributed by atoms with E-state index in [1.807, 2.05) is 0 Å². The van der Waals surface area contributed by atoms with E-state index in [1.54, 1.807) is 0 Å². The second-order valence-electron chi connectivity index (χ2n) is 9.97. The van der Waals surface area contributed by atoms with Crippen LogP contribution in [0.25, 0.3) is 0 Å². The molecular weight excluding hydrogens is 272 g/mol. The highest BCUT2D eigenvalue weighted by atomic mass is 16.3. The molecule has 0 amide bonds. The van der Waals surface area contributed by atoms with Gasteiger partial charge in [0, 0.05) is 6.42 Å². The Labute approximate surface area is 135 Å². The van der Waals surface area contributed by atoms with E-state index in [9.17, 15) is 9.90 Å². The molecule has 124 valence electrons. The van der Waals surface area contributed by atoms with Gasteiger partial charge in [-0.2, -0.15) is 0 Å². The Bertz CT molecular complexity index is 510. The van der Waals surface area contributed by atoms with Gasteiger partial charge in [0.05, 0.1) is 11.5 Å². The number of aliphatic hydroxyl groups is 1. The largest absolute Gasteiger partial charge is 0.392 e. The zero-order valence-electron chi connectivity index (χ0n) is 14.7. The molecule has 4 aliphatic rings. The second kappa shape index (κ2) is 4.37. The van der Waals surface area contributed by atoms with Crippen molar-refractivity contribution in [1.29, 1.82) is 0 Å². The number of hydrogen-bond acceptors (Lipinski definition) is 2. The number of ketones is 1. The van der Waals surface area contributed by atoms with Crippen LogP contribution in [0, 0.1) is 39.9 Å². The van der Waals surface area contributed by atoms with E-state index in [0.717, 1.165) is 12.8 Å². The minimum absolute atomic E-state index is 0.256. The third kappa shape index (κ3) is 1.58. The van der Waals surface area contributed by atoms with Gasteiger partial charge in [-0.3, -0.25) is 4.79 Å². The van der Waals surface area contributed by atoms with Gasteiger partial charge in [0.25, 0.3) is 0 Å². The van der Waals surface area contributed by atoms with Crippen molar-refractivity contribution in [3.05, 3.63) is 0 Å². The second-order valence-corrected chi connectivity index (χ2v) is 9.97. The van der Waals surface area contributed by atoms with E-state index in [4.69, 9.17) is 0 Å². The molecule has 22 heavy (non-hydrogen) atoms. The van der Waals surface area contributed by atoms with E-state index in [1.165, 1.54) is 32.1 Å². The van der Waals surface area contributed by atoms with E-state index < -0.39 is 0 Å². The van der Waals surface area contributed by atoms with Gasteiger partial charge < -0.3 is 5.11 Å². The molecule has 2 bridgehead atoms. The fourth-order valence-electron chi connectivity index (χ4n) is 7.68. The fraction of sp³-hybridized carbons (Fsp3) is 0.950. The van der Waals surface area contributed by atoms with Crippen molar-refractivity contribution >= 4 is 5.78 Å². The highest BCUT2D eigenvalue weighted by molar-refractivity contribution is 5.88. The van der Waals surface area contributed by atoms with Crippen LogP contribution >= 0.6 is 0 Å². The smallest absolute Gasteiger partial charge is 0.142 e. The fourth-order valence-corrected chi connectivity index (χ4v) is 7.68. The Morgan fingerprint density at radius 3 is 2.55 bits per heavy atom. The number of rotatable bonds is 0. The summed E-state index contributed by atoms with van der Waals surface area (Å²) in [4.78, 5) is 13.3. The van der Waals surface area contributed by atoms with Crippen LogP contribution in [0.3, 0.4) is 0 Å². The third-order valence-corrected chi connectivity index (χ3v) is 8.80. The van der Waals surface area contributed by atoms with Crippen LogP contribution in [-0.2, 0) is 4.79 Å². The summed E-state index contributed by atoms with van der Waals surface area (Å²) in [6, 6.07) is 0. The normalized spacial score (nSPS) is 56.4. The first kappa shape index (κ1) is 15.2. The molecule has 4 aliphatic carbocycles. The van der Waals surface area contributed by atoms with Gasteiger partial charge in [0.1, 0.15) is 5.78 Å². The number of Topliss-reactive ketones (excluding diaryl/α,β-unsaturated/α-hetero) is 1. The van der Waals surface area contributed by atoms with E-state index in [0.29, 0.717) is 29.5 Å². The standard InChI is InChI=1S/C20H32O2/c1-12-13-6-7-14-19(4)9-5-8-18(2,3)15(19)10-16(21)20(14,11-13)17(12)22/h12-15,17,22H,5-11H2,1-4H3/t12-,13-,14+,15-,17+,19+,20-/m1/s1. The summed E-state index contributed by atoms with van der Waals surface area (Å²) in [7, 11) is 0. The molecule has 0 aliphatic heterocycles. The molecule has 0 aromatic rings. The molecule has 2 nitrogen and oxygen atoms in total. The van der Waals surface area contributed by atoms with Crippen molar-refractivity contribution in [2.75, 3.05) is 0 Å². The van der Waals surface area contributed by atoms with Crippen molar-refractivity contribution in [3.63, 3.8) is 0 Å². The lowest BCUT2D eigenvalue weighted by Crippen LogP contribution is -2.62. The number of carbonyl (C=O) groups is 1. The molecule has 1 N–H and O–H groups in total. The first-order valence-electron chi connectivity index (χ1n) is 9.45. The van der Waals surface area contributed by atoms with Crippen LogP contribution in [-0.4, -0.2) is 17.0 Å². The average molecular weight is 304 g/mol. The van der Waals surface area contributed by atoms with Gasteiger partial charge in [-0.15, -0.1) is 0 Å². The van der Waals surface area contributed by atoms with E-state index in [-0.39, 0.29) is 22.3 Å². The molecule has 0 heterocycles. The molecule has 0 radical (unpaired) electrons. The van der Waals surface area contributed by atoms with Crippen molar-refractivity contribution in [2.24, 2.45) is 39.9 Å². The summed E-state index contributed by atoms with van der Waals surface area (Å²) in [5.41, 5.74) is 0.142. The van der Waals surface area contributed by atoms with Crippen LogP contribution < -0.4 is 0 Å². The molecule has 4 rings (SSSR count). The Kier molecular flexibility index (Phi) is 3.02. The Morgan fingerprint density at radius 1 is 1.09 bits per heavy atom. The summed E-state index contributed by atoms with van der Waals surface area (Å²) in [5, 5.41) is 11.0. The topological polar surface area (TPSA) is 37.3 Å². The molecule has 4 saturated carbocycles. The molecule has 0 aromatic heterocycles. The number of hydrogen-bond donors (Lipinski definition) is 1. The molecule has 0 aromatic carbocycles. The first-order chi connectivity index (χ1) is 10.2. The van der Waals surface area contributed by atoms with E-state index >= 15 is 0 Å². The van der Waals surface area contributed by atoms with Crippen LogP contribution in [0.4, 0.5) is 0 Å². The van der Waals surface area contributed by atoms with Gasteiger partial charge in [0.15, 0.2) is 0 Å². The van der Waals surface area contributed by atoms with Crippen molar-refractivity contribution < 1.29 is 9.90 Å². The van der Waals surface area contributed by atoms with Gasteiger partial charge in [0.2, 0.25) is 0 Å². The SMILES string of the molecule is C[C@@H]1[C@@H]2CC[C@H]3[C@]4(C)CCCC(C)(C)[C@H]4CC(=O)[C@]3(C2)[C@H]1O. The molecule has 4 fully saturated rings.